The Morgan fingerprint density at radius 3 is 2.47 bits per heavy atom. The number of carbonyl (C=O) groups excluding carboxylic acids is 5. The molecule has 51 heavy (non-hydrogen) atoms. The molecule has 1 saturated heterocycles. The normalized spacial score (nSPS) is 22.0. The number of fused-ring (bicyclic) bond motifs is 2. The van der Waals surface area contributed by atoms with Crippen LogP contribution >= 0.6 is 0 Å². The van der Waals surface area contributed by atoms with Gasteiger partial charge in [-0.15, -0.1) is 0 Å². The van der Waals surface area contributed by atoms with Crippen molar-refractivity contribution in [3.05, 3.63) is 65.1 Å². The lowest BCUT2D eigenvalue weighted by molar-refractivity contribution is -0.136. The van der Waals surface area contributed by atoms with Gasteiger partial charge in [0.2, 0.25) is 11.8 Å². The fourth-order valence-electron chi connectivity index (χ4n) is 6.78. The molecule has 2 unspecified atom stereocenters. The Bertz CT molecular complexity index is 1700. The second kappa shape index (κ2) is 16.0. The van der Waals surface area contributed by atoms with Crippen LogP contribution in [0, 0.1) is 0 Å². The number of hydrogen-bond acceptors (Lipinski definition) is 12. The van der Waals surface area contributed by atoms with Gasteiger partial charge in [0.1, 0.15) is 11.9 Å². The minimum atomic E-state index is -1.02. The fraction of sp³-hybridized carbons (Fsp3) is 0.500. The number of nitrogens with one attached hydrogen (secondary N) is 2. The average molecular weight is 706 g/mol. The molecule has 1 fully saturated rings. The quantitative estimate of drug-likeness (QED) is 0.156. The number of methoxy groups -OCH3 is 1. The Balaban J connectivity index is 1.06. The molecule has 0 radical (unpaired) electrons. The summed E-state index contributed by atoms with van der Waals surface area (Å²) in [5.41, 5.74) is 1.81. The van der Waals surface area contributed by atoms with Crippen molar-refractivity contribution >= 4 is 41.0 Å². The number of imide groups is 2. The molecule has 0 aliphatic carbocycles. The van der Waals surface area contributed by atoms with Crippen LogP contribution in [0.2, 0.25) is 0 Å². The zero-order valence-electron chi connectivity index (χ0n) is 30.1. The molecule has 3 atom stereocenters. The minimum absolute atomic E-state index is 0.00580. The predicted octanol–water partition coefficient (Wildman–Crippen LogP) is 1.54. The lowest BCUT2D eigenvalue weighted by atomic mass is 9.86. The van der Waals surface area contributed by atoms with Crippen LogP contribution in [0.1, 0.15) is 56.4 Å². The second-order valence-corrected chi connectivity index (χ2v) is 13.3. The first-order valence-electron chi connectivity index (χ1n) is 17.0. The number of carbonyl (C=O) groups is 5. The summed E-state index contributed by atoms with van der Waals surface area (Å²) >= 11 is 0. The first-order chi connectivity index (χ1) is 24.4. The van der Waals surface area contributed by atoms with E-state index in [-0.39, 0.29) is 35.9 Å². The second-order valence-electron chi connectivity index (χ2n) is 13.3. The number of ether oxygens (including phenoxy) is 3. The zero-order valence-corrected chi connectivity index (χ0v) is 30.1. The van der Waals surface area contributed by atoms with Crippen LogP contribution in [0.15, 0.2) is 42.8 Å². The van der Waals surface area contributed by atoms with E-state index in [4.69, 9.17) is 14.2 Å². The van der Waals surface area contributed by atoms with Crippen molar-refractivity contribution in [1.82, 2.24) is 25.0 Å². The van der Waals surface area contributed by atoms with Crippen LogP contribution in [-0.2, 0) is 30.2 Å². The SMILES string of the molecule is CO/C=C/[C@]1(C)C(N(C)C)Cc2cc(N(C)CCOCCOCCNc3cccc4c3C(=O)N(C3CCC(=O)NC3=O)C4=O)ncc2C(=O)N1C. The number of pyridine rings is 1. The van der Waals surface area contributed by atoms with Crippen molar-refractivity contribution in [2.75, 3.05) is 85.0 Å². The number of piperidine rings is 1. The molecule has 274 valence electrons. The molecule has 3 aliphatic rings. The zero-order chi connectivity index (χ0) is 36.9. The molecule has 2 aromatic rings. The third-order valence-corrected chi connectivity index (χ3v) is 9.85. The number of hydrogen-bond donors (Lipinski definition) is 2. The molecule has 0 spiro atoms. The Kier molecular flexibility index (Phi) is 11.7. The maximum atomic E-state index is 13.5. The third kappa shape index (κ3) is 7.75. The van der Waals surface area contributed by atoms with E-state index in [0.717, 1.165) is 16.3 Å². The number of aromatic nitrogens is 1. The first-order valence-corrected chi connectivity index (χ1v) is 17.0. The van der Waals surface area contributed by atoms with Gasteiger partial charge in [-0.3, -0.25) is 34.2 Å². The molecule has 0 saturated carbocycles. The van der Waals surface area contributed by atoms with E-state index < -0.39 is 35.2 Å². The molecule has 0 bridgehead atoms. The molecule has 2 N–H and O–H groups in total. The molecule has 4 heterocycles. The lowest BCUT2D eigenvalue weighted by Crippen LogP contribution is -2.57. The Morgan fingerprint density at radius 2 is 1.76 bits per heavy atom. The van der Waals surface area contributed by atoms with Gasteiger partial charge in [0, 0.05) is 51.5 Å². The van der Waals surface area contributed by atoms with E-state index in [1.165, 1.54) is 0 Å². The van der Waals surface area contributed by atoms with E-state index in [9.17, 15) is 24.0 Å². The van der Waals surface area contributed by atoms with Crippen LogP contribution in [0.25, 0.3) is 0 Å². The van der Waals surface area contributed by atoms with Gasteiger partial charge in [0.15, 0.2) is 0 Å². The molecule has 1 aromatic heterocycles. The van der Waals surface area contributed by atoms with E-state index in [1.54, 1.807) is 42.7 Å². The van der Waals surface area contributed by atoms with Crippen molar-refractivity contribution in [3.8, 4) is 0 Å². The van der Waals surface area contributed by atoms with Gasteiger partial charge in [-0.05, 0) is 63.7 Å². The van der Waals surface area contributed by atoms with E-state index in [0.29, 0.717) is 57.2 Å². The number of likely N-dealkylation sites (N-methyl/N-ethyl adjacent to an activating group) is 3. The van der Waals surface area contributed by atoms with Gasteiger partial charge in [-0.2, -0.15) is 0 Å². The average Bonchev–Trinajstić information content (AvgIpc) is 3.32. The smallest absolute Gasteiger partial charge is 0.264 e. The maximum Gasteiger partial charge on any atom is 0.264 e. The van der Waals surface area contributed by atoms with Crippen LogP contribution in [0.5, 0.6) is 0 Å². The highest BCUT2D eigenvalue weighted by Gasteiger charge is 2.46. The Morgan fingerprint density at radius 1 is 1.02 bits per heavy atom. The molecule has 3 aliphatic heterocycles. The monoisotopic (exact) mass is 705 g/mol. The van der Waals surface area contributed by atoms with Gasteiger partial charge in [-0.25, -0.2) is 4.98 Å². The highest BCUT2D eigenvalue weighted by molar-refractivity contribution is 6.25. The molecule has 15 heteroatoms. The van der Waals surface area contributed by atoms with Gasteiger partial charge in [-0.1, -0.05) is 6.07 Å². The minimum Gasteiger partial charge on any atom is -0.505 e. The number of rotatable bonds is 15. The number of nitrogens with zero attached hydrogens (tertiary/aromatic N) is 5. The number of anilines is 2. The van der Waals surface area contributed by atoms with Crippen LogP contribution in [-0.4, -0.2) is 142 Å². The molecule has 5 amide bonds. The predicted molar refractivity (Wildman–Crippen MR) is 189 cm³/mol. The standard InChI is InChI=1S/C36H47N7O8/c1-36(12-15-49-6)28(40(2)3)20-23-21-29(38-22-25(23)33(46)42(36)5)41(4)14-17-51-19-18-50-16-13-37-26-9-7-8-24-31(26)35(48)43(34(24)47)27-10-11-30(44)39-32(27)45/h7-9,12,15,21-22,27-28,37H,10-11,13-14,16-20H2,1-6H3,(H,39,44,45)/b15-12+/t27?,28?,36-/m1/s1. The van der Waals surface area contributed by atoms with Gasteiger partial charge in [0.25, 0.3) is 17.7 Å². The molecule has 15 nitrogen and oxygen atoms in total. The van der Waals surface area contributed by atoms with E-state index in [1.807, 2.05) is 52.2 Å². The van der Waals surface area contributed by atoms with Crippen molar-refractivity contribution in [2.45, 2.75) is 43.8 Å². The Labute approximate surface area is 297 Å². The van der Waals surface area contributed by atoms with Crippen LogP contribution in [0.3, 0.4) is 0 Å². The summed E-state index contributed by atoms with van der Waals surface area (Å²) in [7, 11) is 9.36. The van der Waals surface area contributed by atoms with Crippen LogP contribution < -0.4 is 15.5 Å². The number of benzene rings is 1. The summed E-state index contributed by atoms with van der Waals surface area (Å²) in [6.07, 6.45) is 6.02. The molecule has 1 aromatic carbocycles. The maximum absolute atomic E-state index is 13.5. The van der Waals surface area contributed by atoms with E-state index >= 15 is 0 Å². The molecule has 5 rings (SSSR count). The topological polar surface area (TPSA) is 163 Å². The van der Waals surface area contributed by atoms with Gasteiger partial charge < -0.3 is 34.2 Å². The summed E-state index contributed by atoms with van der Waals surface area (Å²) in [5.74, 6) is -1.53. The van der Waals surface area contributed by atoms with E-state index in [2.05, 4.69) is 20.5 Å². The van der Waals surface area contributed by atoms with Crippen LogP contribution in [0.4, 0.5) is 11.5 Å². The summed E-state index contributed by atoms with van der Waals surface area (Å²) in [5, 5.41) is 5.36. The summed E-state index contributed by atoms with van der Waals surface area (Å²) in [4.78, 5) is 75.1. The number of amides is 5. The van der Waals surface area contributed by atoms with Gasteiger partial charge in [0.05, 0.1) is 62.0 Å². The lowest BCUT2D eigenvalue weighted by Gasteiger charge is -2.43. The van der Waals surface area contributed by atoms with Crippen molar-refractivity contribution < 1.29 is 38.2 Å². The summed E-state index contributed by atoms with van der Waals surface area (Å²) in [6, 6.07) is 5.88. The highest BCUT2D eigenvalue weighted by atomic mass is 16.5. The first kappa shape index (κ1) is 37.4. The summed E-state index contributed by atoms with van der Waals surface area (Å²) in [6.45, 7) is 4.48. The molecular formula is C36H47N7O8. The third-order valence-electron chi connectivity index (χ3n) is 9.85. The summed E-state index contributed by atoms with van der Waals surface area (Å²) < 4.78 is 16.7. The highest BCUT2D eigenvalue weighted by Crippen LogP contribution is 2.34. The van der Waals surface area contributed by atoms with Crippen molar-refractivity contribution in [3.63, 3.8) is 0 Å². The largest absolute Gasteiger partial charge is 0.505 e. The Hall–Kier alpha value is -4.86. The van der Waals surface area contributed by atoms with Crippen molar-refractivity contribution in [2.24, 2.45) is 0 Å². The fourth-order valence-corrected chi connectivity index (χ4v) is 6.78. The van der Waals surface area contributed by atoms with Crippen molar-refractivity contribution in [1.29, 1.82) is 0 Å². The van der Waals surface area contributed by atoms with Gasteiger partial charge >= 0.3 is 0 Å². The molecular weight excluding hydrogens is 658 g/mol.